The predicted molar refractivity (Wildman–Crippen MR) is 116 cm³/mol. The number of hydrogen-bond donors (Lipinski definition) is 1. The molecule has 0 bridgehead atoms. The van der Waals surface area contributed by atoms with Crippen molar-refractivity contribution in [2.75, 3.05) is 13.1 Å². The molecular formula is C24H26N4O3. The number of piperidine rings is 1. The van der Waals surface area contributed by atoms with Crippen molar-refractivity contribution >= 4 is 17.5 Å². The van der Waals surface area contributed by atoms with E-state index in [-0.39, 0.29) is 17.9 Å². The first-order chi connectivity index (χ1) is 15.2. The number of carbonyl (C=O) groups excluding carboxylic acids is 2. The molecule has 3 aromatic rings. The molecule has 2 aromatic heterocycles. The lowest BCUT2D eigenvalue weighted by molar-refractivity contribution is -0.134. The minimum absolute atomic E-state index is 0.109. The maximum Gasteiger partial charge on any atom is 0.251 e. The second-order valence-corrected chi connectivity index (χ2v) is 8.30. The first-order valence-corrected chi connectivity index (χ1v) is 10.9. The van der Waals surface area contributed by atoms with Crippen LogP contribution in [0.2, 0.25) is 0 Å². The maximum atomic E-state index is 12.5. The van der Waals surface area contributed by atoms with Crippen molar-refractivity contribution in [3.63, 3.8) is 0 Å². The van der Waals surface area contributed by atoms with Crippen LogP contribution >= 0.6 is 0 Å². The van der Waals surface area contributed by atoms with Gasteiger partial charge in [-0.3, -0.25) is 9.59 Å². The standard InChI is InChI=1S/C24H26N4O3/c29-23(26-16-19-15-25-22-3-1-2-12-28(19)22)17-6-8-20(9-7-17)31-21-10-13-27(14-11-21)24(30)18-4-5-18/h1-3,6-9,12,15,18,21H,4-5,10-11,13-14,16H2,(H,26,29). The molecule has 2 amide bonds. The Morgan fingerprint density at radius 1 is 1.03 bits per heavy atom. The molecule has 7 heteroatoms. The van der Waals surface area contributed by atoms with Crippen LogP contribution in [0.15, 0.2) is 54.9 Å². The van der Waals surface area contributed by atoms with E-state index in [4.69, 9.17) is 4.74 Å². The molecule has 1 aliphatic carbocycles. The first kappa shape index (κ1) is 19.6. The van der Waals surface area contributed by atoms with Gasteiger partial charge in [0.1, 0.15) is 17.5 Å². The number of ether oxygens (including phenoxy) is 1. The molecule has 1 aromatic carbocycles. The van der Waals surface area contributed by atoms with Gasteiger partial charge in [-0.05, 0) is 49.2 Å². The Morgan fingerprint density at radius 2 is 1.81 bits per heavy atom. The first-order valence-electron chi connectivity index (χ1n) is 10.9. The molecule has 2 fully saturated rings. The van der Waals surface area contributed by atoms with Gasteiger partial charge < -0.3 is 19.4 Å². The Morgan fingerprint density at radius 3 is 2.55 bits per heavy atom. The lowest BCUT2D eigenvalue weighted by Crippen LogP contribution is -2.42. The van der Waals surface area contributed by atoms with Crippen LogP contribution in [0.25, 0.3) is 5.65 Å². The van der Waals surface area contributed by atoms with Gasteiger partial charge in [-0.15, -0.1) is 0 Å². The number of likely N-dealkylation sites (tertiary alicyclic amines) is 1. The monoisotopic (exact) mass is 418 g/mol. The molecule has 0 spiro atoms. The quantitative estimate of drug-likeness (QED) is 0.668. The Bertz CT molecular complexity index is 1080. The largest absolute Gasteiger partial charge is 0.490 e. The van der Waals surface area contributed by atoms with Gasteiger partial charge in [-0.25, -0.2) is 4.98 Å². The van der Waals surface area contributed by atoms with Crippen molar-refractivity contribution in [3.8, 4) is 5.75 Å². The fourth-order valence-corrected chi connectivity index (χ4v) is 4.05. The molecule has 1 aliphatic heterocycles. The van der Waals surface area contributed by atoms with Crippen molar-refractivity contribution in [2.24, 2.45) is 5.92 Å². The summed E-state index contributed by atoms with van der Waals surface area (Å²) in [7, 11) is 0. The zero-order valence-electron chi connectivity index (χ0n) is 17.4. The van der Waals surface area contributed by atoms with E-state index in [2.05, 4.69) is 10.3 Å². The van der Waals surface area contributed by atoms with E-state index in [0.29, 0.717) is 18.0 Å². The van der Waals surface area contributed by atoms with Crippen LogP contribution in [0, 0.1) is 5.92 Å². The zero-order valence-corrected chi connectivity index (χ0v) is 17.4. The molecule has 7 nitrogen and oxygen atoms in total. The summed E-state index contributed by atoms with van der Waals surface area (Å²) in [5, 5.41) is 2.95. The van der Waals surface area contributed by atoms with Crippen molar-refractivity contribution in [2.45, 2.75) is 38.3 Å². The number of amides is 2. The van der Waals surface area contributed by atoms with Crippen LogP contribution in [0.3, 0.4) is 0 Å². The third kappa shape index (κ3) is 4.40. The van der Waals surface area contributed by atoms with Crippen LogP contribution in [-0.2, 0) is 11.3 Å². The highest BCUT2D eigenvalue weighted by Crippen LogP contribution is 2.32. The molecule has 0 atom stereocenters. The summed E-state index contributed by atoms with van der Waals surface area (Å²) in [6, 6.07) is 13.0. The summed E-state index contributed by atoms with van der Waals surface area (Å²) in [5.74, 6) is 1.22. The third-order valence-electron chi connectivity index (χ3n) is 6.02. The Balaban J connectivity index is 1.12. The summed E-state index contributed by atoms with van der Waals surface area (Å²) < 4.78 is 8.04. The molecule has 3 heterocycles. The van der Waals surface area contributed by atoms with Gasteiger partial charge in [-0.1, -0.05) is 6.07 Å². The number of fused-ring (bicyclic) bond motifs is 1. The summed E-state index contributed by atoms with van der Waals surface area (Å²) in [5.41, 5.74) is 2.37. The van der Waals surface area contributed by atoms with Crippen molar-refractivity contribution in [3.05, 3.63) is 66.1 Å². The normalized spacial score (nSPS) is 17.0. The highest BCUT2D eigenvalue weighted by atomic mass is 16.5. The number of pyridine rings is 1. The van der Waals surface area contributed by atoms with Crippen molar-refractivity contribution in [1.29, 1.82) is 0 Å². The van der Waals surface area contributed by atoms with E-state index < -0.39 is 0 Å². The fourth-order valence-electron chi connectivity index (χ4n) is 4.05. The minimum Gasteiger partial charge on any atom is -0.490 e. The van der Waals surface area contributed by atoms with E-state index in [9.17, 15) is 9.59 Å². The topological polar surface area (TPSA) is 75.9 Å². The Labute approximate surface area is 181 Å². The smallest absolute Gasteiger partial charge is 0.251 e. The summed E-state index contributed by atoms with van der Waals surface area (Å²) >= 11 is 0. The second-order valence-electron chi connectivity index (χ2n) is 8.30. The molecule has 2 aliphatic rings. The van der Waals surface area contributed by atoms with Crippen LogP contribution in [-0.4, -0.2) is 45.3 Å². The zero-order chi connectivity index (χ0) is 21.2. The average Bonchev–Trinajstić information content (AvgIpc) is 3.58. The van der Waals surface area contributed by atoms with Crippen LogP contribution in [0.1, 0.15) is 41.7 Å². The second kappa shape index (κ2) is 8.41. The Hall–Kier alpha value is -3.35. The molecule has 5 rings (SSSR count). The summed E-state index contributed by atoms with van der Waals surface area (Å²) in [6.07, 6.45) is 7.61. The van der Waals surface area contributed by atoms with Crippen molar-refractivity contribution < 1.29 is 14.3 Å². The number of imidazole rings is 1. The number of aromatic nitrogens is 2. The molecule has 0 unspecified atom stereocenters. The lowest BCUT2D eigenvalue weighted by Gasteiger charge is -2.32. The fraction of sp³-hybridized carbons (Fsp3) is 0.375. The number of nitrogens with zero attached hydrogens (tertiary/aromatic N) is 3. The van der Waals surface area contributed by atoms with E-state index >= 15 is 0 Å². The van der Waals surface area contributed by atoms with Crippen LogP contribution < -0.4 is 10.1 Å². The van der Waals surface area contributed by atoms with Crippen LogP contribution in [0.5, 0.6) is 5.75 Å². The highest BCUT2D eigenvalue weighted by Gasteiger charge is 2.35. The molecular weight excluding hydrogens is 392 g/mol. The van der Waals surface area contributed by atoms with Crippen molar-refractivity contribution in [1.82, 2.24) is 19.6 Å². The Kier molecular flexibility index (Phi) is 5.32. The SMILES string of the molecule is O=C(NCc1cnc2ccccn12)c1ccc(OC2CCN(C(=O)C3CC3)CC2)cc1. The number of hydrogen-bond acceptors (Lipinski definition) is 4. The highest BCUT2D eigenvalue weighted by molar-refractivity contribution is 5.94. The van der Waals surface area contributed by atoms with Gasteiger partial charge >= 0.3 is 0 Å². The molecule has 31 heavy (non-hydrogen) atoms. The predicted octanol–water partition coefficient (Wildman–Crippen LogP) is 3.04. The van der Waals surface area contributed by atoms with Gasteiger partial charge in [0.05, 0.1) is 18.4 Å². The number of nitrogens with one attached hydrogen (secondary N) is 1. The van der Waals surface area contributed by atoms with E-state index in [1.165, 1.54) is 0 Å². The van der Waals surface area contributed by atoms with Gasteiger partial charge in [-0.2, -0.15) is 0 Å². The average molecular weight is 418 g/mol. The molecule has 1 saturated carbocycles. The van der Waals surface area contributed by atoms with Gasteiger partial charge in [0.2, 0.25) is 5.91 Å². The molecule has 1 N–H and O–H groups in total. The van der Waals surface area contributed by atoms with E-state index in [0.717, 1.165) is 55.9 Å². The molecule has 160 valence electrons. The third-order valence-corrected chi connectivity index (χ3v) is 6.02. The van der Waals surface area contributed by atoms with E-state index in [1.807, 2.05) is 45.8 Å². The molecule has 1 saturated heterocycles. The van der Waals surface area contributed by atoms with Gasteiger partial charge in [0.25, 0.3) is 5.91 Å². The van der Waals surface area contributed by atoms with Crippen LogP contribution in [0.4, 0.5) is 0 Å². The summed E-state index contributed by atoms with van der Waals surface area (Å²) in [4.78, 5) is 31.0. The molecule has 0 radical (unpaired) electrons. The number of carbonyl (C=O) groups is 2. The maximum absolute atomic E-state index is 12.5. The number of benzene rings is 1. The summed E-state index contributed by atoms with van der Waals surface area (Å²) in [6.45, 7) is 1.94. The van der Waals surface area contributed by atoms with Gasteiger partial charge in [0.15, 0.2) is 0 Å². The lowest BCUT2D eigenvalue weighted by atomic mass is 10.1. The number of rotatable bonds is 6. The van der Waals surface area contributed by atoms with Gasteiger partial charge in [0, 0.05) is 43.6 Å². The minimum atomic E-state index is -0.135. The van der Waals surface area contributed by atoms with E-state index in [1.54, 1.807) is 18.3 Å².